The van der Waals surface area contributed by atoms with Crippen LogP contribution >= 0.6 is 0 Å². The van der Waals surface area contributed by atoms with Gasteiger partial charge in [0.25, 0.3) is 0 Å². The molecule has 1 fully saturated rings. The Kier molecular flexibility index (Phi) is 7.02. The molecule has 1 aliphatic heterocycles. The Morgan fingerprint density at radius 1 is 1.06 bits per heavy atom. The Hall–Kier alpha value is -3.09. The molecular weight excluding hydrogens is 393 g/mol. The first-order valence-electron chi connectivity index (χ1n) is 10.5. The van der Waals surface area contributed by atoms with E-state index in [0.717, 1.165) is 23.2 Å². The zero-order valence-electron chi connectivity index (χ0n) is 17.3. The van der Waals surface area contributed by atoms with Crippen LogP contribution in [0, 0.1) is 11.7 Å². The van der Waals surface area contributed by atoms with E-state index in [1.807, 2.05) is 36.5 Å². The number of hydrogen-bond donors (Lipinski definition) is 1. The average Bonchev–Trinajstić information content (AvgIpc) is 3.02. The summed E-state index contributed by atoms with van der Waals surface area (Å²) in [5.74, 6) is -0.735. The fourth-order valence-corrected chi connectivity index (χ4v) is 4.02. The minimum atomic E-state index is -0.373. The van der Waals surface area contributed by atoms with Crippen LogP contribution in [0.4, 0.5) is 4.39 Å². The molecule has 31 heavy (non-hydrogen) atoms. The molecule has 4 rings (SSSR count). The van der Waals surface area contributed by atoms with Crippen molar-refractivity contribution in [3.63, 3.8) is 0 Å². The van der Waals surface area contributed by atoms with Gasteiger partial charge in [-0.3, -0.25) is 14.7 Å². The first-order valence-corrected chi connectivity index (χ1v) is 10.5. The van der Waals surface area contributed by atoms with Crippen LogP contribution in [-0.2, 0) is 22.6 Å². The third-order valence-corrected chi connectivity index (χ3v) is 5.56. The number of halogens is 1. The predicted molar refractivity (Wildman–Crippen MR) is 116 cm³/mol. The maximum Gasteiger partial charge on any atom is 0.227 e. The van der Waals surface area contributed by atoms with Crippen molar-refractivity contribution < 1.29 is 13.9 Å². The molecule has 1 saturated heterocycles. The average molecular weight is 420 g/mol. The lowest BCUT2D eigenvalue weighted by molar-refractivity contribution is -0.128. The highest BCUT2D eigenvalue weighted by Gasteiger charge is 2.36. The van der Waals surface area contributed by atoms with Crippen molar-refractivity contribution in [3.05, 3.63) is 102 Å². The van der Waals surface area contributed by atoms with Crippen molar-refractivity contribution in [2.24, 2.45) is 5.92 Å². The summed E-state index contributed by atoms with van der Waals surface area (Å²) in [7, 11) is 0. The van der Waals surface area contributed by atoms with Crippen LogP contribution in [0.1, 0.15) is 22.7 Å². The van der Waals surface area contributed by atoms with Gasteiger partial charge in [-0.15, -0.1) is 0 Å². The summed E-state index contributed by atoms with van der Waals surface area (Å²) in [5.41, 5.74) is 3.03. The molecular formula is C25H26FN3O2. The third-order valence-electron chi connectivity index (χ3n) is 5.56. The van der Waals surface area contributed by atoms with E-state index in [4.69, 9.17) is 4.74 Å². The molecule has 1 aliphatic rings. The Balaban J connectivity index is 1.57. The summed E-state index contributed by atoms with van der Waals surface area (Å²) in [6, 6.07) is 20.1. The highest BCUT2D eigenvalue weighted by Crippen LogP contribution is 2.32. The number of carbonyl (C=O) groups is 1. The van der Waals surface area contributed by atoms with E-state index in [2.05, 4.69) is 27.3 Å². The van der Waals surface area contributed by atoms with E-state index in [1.54, 1.807) is 18.3 Å². The summed E-state index contributed by atoms with van der Waals surface area (Å²) in [4.78, 5) is 19.8. The monoisotopic (exact) mass is 419 g/mol. The summed E-state index contributed by atoms with van der Waals surface area (Å²) in [6.45, 7) is 2.65. The van der Waals surface area contributed by atoms with Gasteiger partial charge in [-0.1, -0.05) is 48.5 Å². The van der Waals surface area contributed by atoms with Crippen LogP contribution < -0.4 is 5.32 Å². The number of nitrogens with zero attached hydrogens (tertiary/aromatic N) is 2. The quantitative estimate of drug-likeness (QED) is 0.662. The number of rotatable bonds is 6. The van der Waals surface area contributed by atoms with Crippen molar-refractivity contribution in [1.82, 2.24) is 15.2 Å². The lowest BCUT2D eigenvalue weighted by Crippen LogP contribution is -2.41. The predicted octanol–water partition coefficient (Wildman–Crippen LogP) is 3.73. The number of nitrogens with one attached hydrogen (secondary N) is 1. The molecule has 1 amide bonds. The number of amides is 1. The smallest absolute Gasteiger partial charge is 0.227 e. The van der Waals surface area contributed by atoms with E-state index < -0.39 is 0 Å². The first-order chi connectivity index (χ1) is 15.2. The summed E-state index contributed by atoms with van der Waals surface area (Å²) < 4.78 is 19.0. The second kappa shape index (κ2) is 10.3. The number of aromatic nitrogens is 1. The molecule has 0 aliphatic carbocycles. The van der Waals surface area contributed by atoms with Gasteiger partial charge >= 0.3 is 0 Å². The molecule has 2 aromatic carbocycles. The van der Waals surface area contributed by atoms with Crippen LogP contribution in [0.25, 0.3) is 0 Å². The molecule has 5 nitrogen and oxygen atoms in total. The zero-order valence-corrected chi connectivity index (χ0v) is 17.3. The van der Waals surface area contributed by atoms with Crippen molar-refractivity contribution >= 4 is 5.91 Å². The SMILES string of the molecule is O=C(NCc1ccc(F)cc1)[C@@H]1COCCN(Cc2cccnc2)[C@H]1c1ccccc1. The third kappa shape index (κ3) is 5.54. The minimum absolute atomic E-state index is 0.0729. The number of ether oxygens (including phenoxy) is 1. The minimum Gasteiger partial charge on any atom is -0.379 e. The van der Waals surface area contributed by atoms with Crippen LogP contribution in [0.2, 0.25) is 0 Å². The largest absolute Gasteiger partial charge is 0.379 e. The second-order valence-corrected chi connectivity index (χ2v) is 7.71. The van der Waals surface area contributed by atoms with E-state index in [-0.39, 0.29) is 23.7 Å². The van der Waals surface area contributed by atoms with Gasteiger partial charge < -0.3 is 10.1 Å². The lowest BCUT2D eigenvalue weighted by Gasteiger charge is -2.34. The standard InChI is InChI=1S/C25H26FN3O2/c26-22-10-8-19(9-11-22)16-28-25(30)23-18-31-14-13-29(17-20-5-4-12-27-15-20)24(23)21-6-2-1-3-7-21/h1-12,15,23-24H,13-14,16-18H2,(H,28,30)/t23-,24+/m1/s1. The van der Waals surface area contributed by atoms with Gasteiger partial charge in [-0.2, -0.15) is 0 Å². The maximum atomic E-state index is 13.3. The Morgan fingerprint density at radius 2 is 1.87 bits per heavy atom. The van der Waals surface area contributed by atoms with E-state index in [9.17, 15) is 9.18 Å². The highest BCUT2D eigenvalue weighted by atomic mass is 19.1. The number of carbonyl (C=O) groups excluding carboxylic acids is 1. The molecule has 160 valence electrons. The molecule has 6 heteroatoms. The van der Waals surface area contributed by atoms with Gasteiger partial charge in [-0.05, 0) is 34.9 Å². The van der Waals surface area contributed by atoms with Crippen LogP contribution in [0.15, 0.2) is 79.1 Å². The number of pyridine rings is 1. The van der Waals surface area contributed by atoms with Gasteiger partial charge in [0.05, 0.1) is 19.1 Å². The summed E-state index contributed by atoms with van der Waals surface area (Å²) in [6.07, 6.45) is 3.62. The van der Waals surface area contributed by atoms with Crippen LogP contribution in [-0.4, -0.2) is 35.5 Å². The normalized spacial score (nSPS) is 19.5. The van der Waals surface area contributed by atoms with Gasteiger partial charge in [0.15, 0.2) is 0 Å². The number of benzene rings is 2. The maximum absolute atomic E-state index is 13.3. The molecule has 2 heterocycles. The van der Waals surface area contributed by atoms with Gasteiger partial charge in [0.1, 0.15) is 5.82 Å². The first kappa shape index (κ1) is 21.2. The van der Waals surface area contributed by atoms with E-state index in [0.29, 0.717) is 26.3 Å². The fraction of sp³-hybridized carbons (Fsp3) is 0.280. The molecule has 0 saturated carbocycles. The van der Waals surface area contributed by atoms with E-state index >= 15 is 0 Å². The topological polar surface area (TPSA) is 54.5 Å². The Labute approximate surface area is 181 Å². The molecule has 0 spiro atoms. The van der Waals surface area contributed by atoms with Crippen molar-refractivity contribution in [3.8, 4) is 0 Å². The van der Waals surface area contributed by atoms with E-state index in [1.165, 1.54) is 12.1 Å². The lowest BCUT2D eigenvalue weighted by atomic mass is 9.91. The Bertz CT molecular complexity index is 967. The summed E-state index contributed by atoms with van der Waals surface area (Å²) >= 11 is 0. The second-order valence-electron chi connectivity index (χ2n) is 7.71. The molecule has 1 N–H and O–H groups in total. The molecule has 0 bridgehead atoms. The van der Waals surface area contributed by atoms with Gasteiger partial charge in [0, 0.05) is 38.1 Å². The highest BCUT2D eigenvalue weighted by molar-refractivity contribution is 5.79. The van der Waals surface area contributed by atoms with Crippen molar-refractivity contribution in [2.75, 3.05) is 19.8 Å². The Morgan fingerprint density at radius 3 is 2.61 bits per heavy atom. The van der Waals surface area contributed by atoms with Crippen LogP contribution in [0.5, 0.6) is 0 Å². The van der Waals surface area contributed by atoms with Gasteiger partial charge in [-0.25, -0.2) is 4.39 Å². The molecule has 3 aromatic rings. The molecule has 0 radical (unpaired) electrons. The van der Waals surface area contributed by atoms with Gasteiger partial charge in [0.2, 0.25) is 5.91 Å². The molecule has 2 atom stereocenters. The van der Waals surface area contributed by atoms with Crippen molar-refractivity contribution in [1.29, 1.82) is 0 Å². The zero-order chi connectivity index (χ0) is 21.5. The molecule has 0 unspecified atom stereocenters. The molecule has 1 aromatic heterocycles. The van der Waals surface area contributed by atoms with Crippen molar-refractivity contribution in [2.45, 2.75) is 19.1 Å². The summed E-state index contributed by atoms with van der Waals surface area (Å²) in [5, 5.41) is 3.02. The fourth-order valence-electron chi connectivity index (χ4n) is 4.02. The number of hydrogen-bond acceptors (Lipinski definition) is 4. The van der Waals surface area contributed by atoms with Crippen LogP contribution in [0.3, 0.4) is 0 Å².